The summed E-state index contributed by atoms with van der Waals surface area (Å²) in [6.07, 6.45) is -2.98. The van der Waals surface area contributed by atoms with Gasteiger partial charge in [-0.25, -0.2) is 0 Å². The van der Waals surface area contributed by atoms with Gasteiger partial charge in [-0.2, -0.15) is 13.2 Å². The number of nitrogens with zero attached hydrogens (tertiary/aromatic N) is 1. The molecule has 126 valence electrons. The highest BCUT2D eigenvalue weighted by atomic mass is 19.4. The van der Waals surface area contributed by atoms with E-state index in [1.54, 1.807) is 0 Å². The van der Waals surface area contributed by atoms with Gasteiger partial charge in [0.1, 0.15) is 6.10 Å². The van der Waals surface area contributed by atoms with Crippen molar-refractivity contribution in [2.75, 3.05) is 19.7 Å². The van der Waals surface area contributed by atoms with Crippen LogP contribution >= 0.6 is 0 Å². The molecular weight excluding hydrogens is 311 g/mol. The Labute approximate surface area is 131 Å². The van der Waals surface area contributed by atoms with Gasteiger partial charge in [0, 0.05) is 25.3 Å². The SMILES string of the molecule is O=C(c1ccc(C(F)(F)F)cc1)N1CC[C@@]2(CCCO2)[C@@H](O)C1. The van der Waals surface area contributed by atoms with Crippen LogP contribution in [-0.4, -0.2) is 47.3 Å². The number of benzene rings is 1. The Morgan fingerprint density at radius 3 is 2.48 bits per heavy atom. The molecule has 1 aromatic rings. The number of carbonyl (C=O) groups is 1. The van der Waals surface area contributed by atoms with E-state index in [-0.39, 0.29) is 18.0 Å². The van der Waals surface area contributed by atoms with Crippen LogP contribution in [0.5, 0.6) is 0 Å². The molecule has 4 nitrogen and oxygen atoms in total. The van der Waals surface area contributed by atoms with Gasteiger partial charge in [-0.1, -0.05) is 0 Å². The second-order valence-electron chi connectivity index (χ2n) is 6.11. The molecule has 1 amide bonds. The number of aliphatic hydroxyl groups is 1. The first-order valence-corrected chi connectivity index (χ1v) is 7.60. The molecule has 23 heavy (non-hydrogen) atoms. The lowest BCUT2D eigenvalue weighted by Gasteiger charge is -2.42. The number of hydrogen-bond acceptors (Lipinski definition) is 3. The molecular formula is C16H18F3NO3. The molecule has 2 fully saturated rings. The Balaban J connectivity index is 1.69. The van der Waals surface area contributed by atoms with E-state index in [0.29, 0.717) is 19.6 Å². The fourth-order valence-corrected chi connectivity index (χ4v) is 3.31. The van der Waals surface area contributed by atoms with Crippen molar-refractivity contribution in [2.24, 2.45) is 0 Å². The highest BCUT2D eigenvalue weighted by Gasteiger charge is 2.46. The van der Waals surface area contributed by atoms with Crippen LogP contribution in [0.1, 0.15) is 35.2 Å². The number of aliphatic hydroxyl groups excluding tert-OH is 1. The van der Waals surface area contributed by atoms with Crippen molar-refractivity contribution < 1.29 is 27.8 Å². The van der Waals surface area contributed by atoms with Gasteiger partial charge in [-0.05, 0) is 43.5 Å². The lowest BCUT2D eigenvalue weighted by molar-refractivity contribution is -0.137. The van der Waals surface area contributed by atoms with Crippen molar-refractivity contribution in [1.29, 1.82) is 0 Å². The number of likely N-dealkylation sites (tertiary alicyclic amines) is 1. The van der Waals surface area contributed by atoms with E-state index in [9.17, 15) is 23.1 Å². The molecule has 2 saturated heterocycles. The molecule has 0 bridgehead atoms. The molecule has 0 saturated carbocycles. The smallest absolute Gasteiger partial charge is 0.388 e. The minimum Gasteiger partial charge on any atom is -0.388 e. The van der Waals surface area contributed by atoms with Crippen molar-refractivity contribution >= 4 is 5.91 Å². The Kier molecular flexibility index (Phi) is 4.10. The monoisotopic (exact) mass is 329 g/mol. The minimum absolute atomic E-state index is 0.139. The van der Waals surface area contributed by atoms with Crippen LogP contribution in [0.15, 0.2) is 24.3 Å². The van der Waals surface area contributed by atoms with E-state index >= 15 is 0 Å². The van der Waals surface area contributed by atoms with E-state index in [1.807, 2.05) is 0 Å². The number of hydrogen-bond donors (Lipinski definition) is 1. The molecule has 0 radical (unpaired) electrons. The number of alkyl halides is 3. The highest BCUT2D eigenvalue weighted by molar-refractivity contribution is 5.94. The Hall–Kier alpha value is -1.60. The second kappa shape index (κ2) is 5.79. The number of ether oxygens (including phenoxy) is 1. The topological polar surface area (TPSA) is 49.8 Å². The Bertz CT molecular complexity index is 579. The number of halogens is 3. The number of carbonyl (C=O) groups excluding carboxylic acids is 1. The summed E-state index contributed by atoms with van der Waals surface area (Å²) in [7, 11) is 0. The van der Waals surface area contributed by atoms with E-state index in [4.69, 9.17) is 4.74 Å². The second-order valence-corrected chi connectivity index (χ2v) is 6.11. The van der Waals surface area contributed by atoms with Gasteiger partial charge in [-0.15, -0.1) is 0 Å². The zero-order valence-electron chi connectivity index (χ0n) is 12.5. The normalized spacial score (nSPS) is 28.3. The third-order valence-electron chi connectivity index (χ3n) is 4.69. The molecule has 2 aliphatic heterocycles. The lowest BCUT2D eigenvalue weighted by Crippen LogP contribution is -2.56. The zero-order chi connectivity index (χ0) is 16.7. The van der Waals surface area contributed by atoms with Gasteiger partial charge < -0.3 is 14.7 Å². The van der Waals surface area contributed by atoms with Crippen LogP contribution in [-0.2, 0) is 10.9 Å². The summed E-state index contributed by atoms with van der Waals surface area (Å²) in [4.78, 5) is 13.9. The predicted molar refractivity (Wildman–Crippen MR) is 75.9 cm³/mol. The maximum absolute atomic E-state index is 12.6. The van der Waals surface area contributed by atoms with Crippen LogP contribution in [0.25, 0.3) is 0 Å². The number of β-amino-alcohol motifs (C(OH)–C–C–N with tert-alkyl or cyclic N) is 1. The Morgan fingerprint density at radius 1 is 1.26 bits per heavy atom. The molecule has 0 aromatic heterocycles. The van der Waals surface area contributed by atoms with Crippen molar-refractivity contribution in [1.82, 2.24) is 4.90 Å². The summed E-state index contributed by atoms with van der Waals surface area (Å²) in [6.45, 7) is 1.18. The summed E-state index contributed by atoms with van der Waals surface area (Å²) in [5.41, 5.74) is -1.16. The summed E-state index contributed by atoms with van der Waals surface area (Å²) in [6, 6.07) is 4.15. The fourth-order valence-electron chi connectivity index (χ4n) is 3.31. The average molecular weight is 329 g/mol. The first-order valence-electron chi connectivity index (χ1n) is 7.60. The van der Waals surface area contributed by atoms with Gasteiger partial charge in [-0.3, -0.25) is 4.79 Å². The number of piperidine rings is 1. The molecule has 2 heterocycles. The van der Waals surface area contributed by atoms with E-state index in [2.05, 4.69) is 0 Å². The van der Waals surface area contributed by atoms with Crippen LogP contribution in [0, 0.1) is 0 Å². The zero-order valence-corrected chi connectivity index (χ0v) is 12.5. The van der Waals surface area contributed by atoms with Crippen LogP contribution in [0.3, 0.4) is 0 Å². The van der Waals surface area contributed by atoms with Crippen molar-refractivity contribution in [2.45, 2.75) is 37.1 Å². The van der Waals surface area contributed by atoms with Gasteiger partial charge in [0.2, 0.25) is 0 Å². The lowest BCUT2D eigenvalue weighted by atomic mass is 9.86. The summed E-state index contributed by atoms with van der Waals surface area (Å²) in [5.74, 6) is -0.370. The predicted octanol–water partition coefficient (Wildman–Crippen LogP) is 2.46. The molecule has 1 aromatic carbocycles. The van der Waals surface area contributed by atoms with E-state index in [1.165, 1.54) is 17.0 Å². The molecule has 0 aliphatic carbocycles. The summed E-state index contributed by atoms with van der Waals surface area (Å²) >= 11 is 0. The maximum atomic E-state index is 12.6. The van der Waals surface area contributed by atoms with Crippen LogP contribution in [0.4, 0.5) is 13.2 Å². The molecule has 0 unspecified atom stereocenters. The fraction of sp³-hybridized carbons (Fsp3) is 0.562. The maximum Gasteiger partial charge on any atom is 0.416 e. The quantitative estimate of drug-likeness (QED) is 0.861. The highest BCUT2D eigenvalue weighted by Crippen LogP contribution is 2.36. The van der Waals surface area contributed by atoms with Gasteiger partial charge in [0.05, 0.1) is 11.2 Å². The summed E-state index contributed by atoms with van der Waals surface area (Å²) < 4.78 is 43.3. The Morgan fingerprint density at radius 2 is 1.96 bits per heavy atom. The molecule has 1 spiro atoms. The molecule has 1 N–H and O–H groups in total. The van der Waals surface area contributed by atoms with Crippen molar-refractivity contribution in [3.05, 3.63) is 35.4 Å². The number of amides is 1. The van der Waals surface area contributed by atoms with Gasteiger partial charge >= 0.3 is 6.18 Å². The van der Waals surface area contributed by atoms with Gasteiger partial charge in [0.15, 0.2) is 0 Å². The number of rotatable bonds is 1. The van der Waals surface area contributed by atoms with E-state index in [0.717, 1.165) is 25.0 Å². The van der Waals surface area contributed by atoms with E-state index < -0.39 is 23.4 Å². The summed E-state index contributed by atoms with van der Waals surface area (Å²) in [5, 5.41) is 10.3. The third kappa shape index (κ3) is 3.07. The first-order chi connectivity index (χ1) is 10.8. The standard InChI is InChI=1S/C16H18F3NO3/c17-16(18,19)12-4-2-11(3-5-12)14(22)20-8-7-15(13(21)10-20)6-1-9-23-15/h2-5,13,21H,1,6-10H2/t13-,15-/m0/s1. The minimum atomic E-state index is -4.42. The average Bonchev–Trinajstić information content (AvgIpc) is 2.99. The van der Waals surface area contributed by atoms with Crippen molar-refractivity contribution in [3.8, 4) is 0 Å². The third-order valence-corrected chi connectivity index (χ3v) is 4.69. The van der Waals surface area contributed by atoms with Crippen LogP contribution < -0.4 is 0 Å². The largest absolute Gasteiger partial charge is 0.416 e. The van der Waals surface area contributed by atoms with Gasteiger partial charge in [0.25, 0.3) is 5.91 Å². The first kappa shape index (κ1) is 16.3. The molecule has 7 heteroatoms. The molecule has 2 atom stereocenters. The van der Waals surface area contributed by atoms with Crippen LogP contribution in [0.2, 0.25) is 0 Å². The molecule has 3 rings (SSSR count). The van der Waals surface area contributed by atoms with Crippen molar-refractivity contribution in [3.63, 3.8) is 0 Å². The molecule has 2 aliphatic rings.